The summed E-state index contributed by atoms with van der Waals surface area (Å²) in [6, 6.07) is -0.863. The van der Waals surface area contributed by atoms with Crippen molar-refractivity contribution in [2.24, 2.45) is 5.73 Å². The number of primary amides is 1. The fourth-order valence-electron chi connectivity index (χ4n) is 0.456. The first-order valence-corrected chi connectivity index (χ1v) is 3.54. The van der Waals surface area contributed by atoms with E-state index in [-0.39, 0.29) is 6.61 Å². The molecule has 0 saturated heterocycles. The lowest BCUT2D eigenvalue weighted by Gasteiger charge is -2.18. The van der Waals surface area contributed by atoms with E-state index < -0.39 is 17.5 Å². The number of carbonyl (C=O) groups excluding carboxylic acids is 2. The monoisotopic (exact) mass is 174 g/mol. The zero-order valence-electron chi connectivity index (χ0n) is 7.51. The van der Waals surface area contributed by atoms with Gasteiger partial charge >= 0.3 is 6.03 Å². The first-order chi connectivity index (χ1) is 5.31. The average Bonchev–Trinajstić information content (AvgIpc) is 1.80. The summed E-state index contributed by atoms with van der Waals surface area (Å²) >= 11 is 0. The molecule has 0 saturated carbocycles. The Labute approximate surface area is 71.3 Å². The third-order valence-electron chi connectivity index (χ3n) is 0.899. The second-order valence-electron chi connectivity index (χ2n) is 3.31. The van der Waals surface area contributed by atoms with Gasteiger partial charge in [0, 0.05) is 0 Å². The van der Waals surface area contributed by atoms with Crippen molar-refractivity contribution in [1.82, 2.24) is 5.32 Å². The van der Waals surface area contributed by atoms with Crippen molar-refractivity contribution in [2.75, 3.05) is 6.61 Å². The third kappa shape index (κ3) is 7.01. The van der Waals surface area contributed by atoms with E-state index in [0.29, 0.717) is 0 Å². The summed E-state index contributed by atoms with van der Waals surface area (Å²) in [6.07, 6.45) is 0. The van der Waals surface area contributed by atoms with Gasteiger partial charge in [0.25, 0.3) is 5.91 Å². The number of amides is 3. The van der Waals surface area contributed by atoms with Gasteiger partial charge in [-0.3, -0.25) is 10.1 Å². The predicted molar refractivity (Wildman–Crippen MR) is 43.4 cm³/mol. The van der Waals surface area contributed by atoms with Crippen molar-refractivity contribution >= 4 is 11.9 Å². The summed E-state index contributed by atoms with van der Waals surface area (Å²) in [5, 5.41) is 1.89. The second kappa shape index (κ2) is 4.06. The first kappa shape index (κ1) is 10.9. The van der Waals surface area contributed by atoms with Gasteiger partial charge in [-0.15, -0.1) is 0 Å². The van der Waals surface area contributed by atoms with Crippen LogP contribution in [0, 0.1) is 0 Å². The van der Waals surface area contributed by atoms with Gasteiger partial charge in [0.05, 0.1) is 5.60 Å². The van der Waals surface area contributed by atoms with Crippen molar-refractivity contribution in [3.8, 4) is 0 Å². The maximum absolute atomic E-state index is 10.8. The first-order valence-electron chi connectivity index (χ1n) is 3.54. The molecule has 0 heterocycles. The molecule has 0 atom stereocenters. The van der Waals surface area contributed by atoms with E-state index in [0.717, 1.165) is 0 Å². The molecule has 0 bridgehead atoms. The van der Waals surface area contributed by atoms with Crippen LogP contribution in [-0.4, -0.2) is 24.1 Å². The summed E-state index contributed by atoms with van der Waals surface area (Å²) < 4.78 is 5.07. The lowest BCUT2D eigenvalue weighted by atomic mass is 10.2. The average molecular weight is 174 g/mol. The van der Waals surface area contributed by atoms with Crippen LogP contribution in [-0.2, 0) is 9.53 Å². The number of hydrogen-bond donors (Lipinski definition) is 2. The molecule has 0 fully saturated rings. The lowest BCUT2D eigenvalue weighted by molar-refractivity contribution is -0.129. The molecular weight excluding hydrogens is 160 g/mol. The van der Waals surface area contributed by atoms with E-state index in [4.69, 9.17) is 10.5 Å². The maximum atomic E-state index is 10.8. The summed E-state index contributed by atoms with van der Waals surface area (Å²) in [7, 11) is 0. The quantitative estimate of drug-likeness (QED) is 0.618. The standard InChI is InChI=1S/C7H14N2O3/c1-7(2,3)12-4-5(10)9-6(8)11/h4H2,1-3H3,(H3,8,9,10,11). The van der Waals surface area contributed by atoms with Crippen LogP contribution in [0.4, 0.5) is 4.79 Å². The van der Waals surface area contributed by atoms with E-state index >= 15 is 0 Å². The van der Waals surface area contributed by atoms with Crippen LogP contribution in [0.15, 0.2) is 0 Å². The number of imide groups is 1. The fraction of sp³-hybridized carbons (Fsp3) is 0.714. The molecule has 0 spiro atoms. The summed E-state index contributed by atoms with van der Waals surface area (Å²) in [4.78, 5) is 20.9. The SMILES string of the molecule is CC(C)(C)OCC(=O)NC(N)=O. The van der Waals surface area contributed by atoms with Crippen LogP contribution in [0.3, 0.4) is 0 Å². The minimum atomic E-state index is -0.863. The van der Waals surface area contributed by atoms with Crippen LogP contribution < -0.4 is 11.1 Å². The summed E-state index contributed by atoms with van der Waals surface area (Å²) in [6.45, 7) is 5.27. The molecular formula is C7H14N2O3. The predicted octanol–water partition coefficient (Wildman–Crippen LogP) is -0.00360. The van der Waals surface area contributed by atoms with Gasteiger partial charge in [0.1, 0.15) is 6.61 Å². The van der Waals surface area contributed by atoms with Crippen molar-refractivity contribution in [2.45, 2.75) is 26.4 Å². The molecule has 0 aliphatic carbocycles. The van der Waals surface area contributed by atoms with Crippen molar-refractivity contribution in [1.29, 1.82) is 0 Å². The highest BCUT2D eigenvalue weighted by Gasteiger charge is 2.13. The highest BCUT2D eigenvalue weighted by molar-refractivity contribution is 5.94. The van der Waals surface area contributed by atoms with Crippen LogP contribution in [0.5, 0.6) is 0 Å². The molecule has 0 radical (unpaired) electrons. The number of rotatable bonds is 2. The number of ether oxygens (including phenoxy) is 1. The molecule has 5 nitrogen and oxygen atoms in total. The zero-order valence-corrected chi connectivity index (χ0v) is 7.51. The van der Waals surface area contributed by atoms with Gasteiger partial charge < -0.3 is 10.5 Å². The number of nitrogens with two attached hydrogens (primary N) is 1. The van der Waals surface area contributed by atoms with E-state index in [1.165, 1.54) is 0 Å². The molecule has 0 aromatic rings. The Morgan fingerprint density at radius 1 is 1.42 bits per heavy atom. The molecule has 0 rings (SSSR count). The zero-order chi connectivity index (χ0) is 9.78. The topological polar surface area (TPSA) is 81.4 Å². The largest absolute Gasteiger partial charge is 0.366 e. The fourth-order valence-corrected chi connectivity index (χ4v) is 0.456. The molecule has 0 aromatic heterocycles. The van der Waals surface area contributed by atoms with Crippen LogP contribution in [0.25, 0.3) is 0 Å². The van der Waals surface area contributed by atoms with Crippen LogP contribution in [0.2, 0.25) is 0 Å². The van der Waals surface area contributed by atoms with Gasteiger partial charge in [-0.1, -0.05) is 0 Å². The Balaban J connectivity index is 3.65. The summed E-state index contributed by atoms with van der Waals surface area (Å²) in [5.74, 6) is -0.530. The van der Waals surface area contributed by atoms with Gasteiger partial charge in [-0.2, -0.15) is 0 Å². The van der Waals surface area contributed by atoms with Crippen LogP contribution >= 0.6 is 0 Å². The van der Waals surface area contributed by atoms with Gasteiger partial charge in [-0.25, -0.2) is 4.79 Å². The van der Waals surface area contributed by atoms with Crippen LogP contribution in [0.1, 0.15) is 20.8 Å². The Morgan fingerprint density at radius 3 is 2.25 bits per heavy atom. The van der Waals surface area contributed by atoms with Crippen molar-refractivity contribution in [3.05, 3.63) is 0 Å². The second-order valence-corrected chi connectivity index (χ2v) is 3.31. The summed E-state index contributed by atoms with van der Waals surface area (Å²) in [5.41, 5.74) is 4.31. The minimum absolute atomic E-state index is 0.160. The number of nitrogens with one attached hydrogen (secondary N) is 1. The number of urea groups is 1. The Hall–Kier alpha value is -1.10. The van der Waals surface area contributed by atoms with Crippen molar-refractivity contribution in [3.63, 3.8) is 0 Å². The lowest BCUT2D eigenvalue weighted by Crippen LogP contribution is -2.39. The van der Waals surface area contributed by atoms with Gasteiger partial charge in [0.15, 0.2) is 0 Å². The van der Waals surface area contributed by atoms with Gasteiger partial charge in [0.2, 0.25) is 0 Å². The molecule has 3 amide bonds. The maximum Gasteiger partial charge on any atom is 0.318 e. The minimum Gasteiger partial charge on any atom is -0.366 e. The highest BCUT2D eigenvalue weighted by Crippen LogP contribution is 2.05. The normalized spacial score (nSPS) is 10.9. The molecule has 0 aromatic carbocycles. The third-order valence-corrected chi connectivity index (χ3v) is 0.899. The highest BCUT2D eigenvalue weighted by atomic mass is 16.5. The Morgan fingerprint density at radius 2 is 1.92 bits per heavy atom. The van der Waals surface area contributed by atoms with E-state index in [2.05, 4.69) is 0 Å². The molecule has 0 unspecified atom stereocenters. The number of carbonyl (C=O) groups is 2. The van der Waals surface area contributed by atoms with Crippen molar-refractivity contribution < 1.29 is 14.3 Å². The molecule has 12 heavy (non-hydrogen) atoms. The smallest absolute Gasteiger partial charge is 0.318 e. The Bertz CT molecular complexity index is 184. The molecule has 3 N–H and O–H groups in total. The molecule has 5 heteroatoms. The molecule has 70 valence electrons. The Kier molecular flexibility index (Phi) is 3.69. The van der Waals surface area contributed by atoms with Gasteiger partial charge in [-0.05, 0) is 20.8 Å². The molecule has 0 aliphatic heterocycles. The molecule has 0 aliphatic rings. The van der Waals surface area contributed by atoms with E-state index in [1.54, 1.807) is 0 Å². The van der Waals surface area contributed by atoms with E-state index in [1.807, 2.05) is 26.1 Å². The van der Waals surface area contributed by atoms with E-state index in [9.17, 15) is 9.59 Å². The number of hydrogen-bond acceptors (Lipinski definition) is 3.